The highest BCUT2D eigenvalue weighted by Gasteiger charge is 2.59. The van der Waals surface area contributed by atoms with Crippen LogP contribution in [0.5, 0.6) is 5.75 Å². The molecule has 3 heteroatoms. The van der Waals surface area contributed by atoms with Gasteiger partial charge in [0.2, 0.25) is 0 Å². The Balaban J connectivity index is 1.22. The molecule has 0 heterocycles. The number of carbonyl (C=O) groups excluding carboxylic acids is 1. The zero-order valence-corrected chi connectivity index (χ0v) is 24.0. The Morgan fingerprint density at radius 3 is 2.51 bits per heavy atom. The summed E-state index contributed by atoms with van der Waals surface area (Å²) in [6, 6.07) is 9.23. The van der Waals surface area contributed by atoms with Gasteiger partial charge >= 0.3 is 6.16 Å². The van der Waals surface area contributed by atoms with E-state index in [1.165, 1.54) is 51.4 Å². The standard InChI is InChI=1S/C34H50O3/c1-23(2)10-9-11-24(3)29-16-17-30-28-15-14-25-22-27(37-32(35)36-26-12-7-6-8-13-26)18-20-33(25,4)31(28)19-21-34(29,30)5/h6-8,12-14,23-24,27-31H,9-11,15-22H2,1-5H3/t24-,27+,28-,29-,30+,31-,33+,34-/m1/s1. The molecule has 37 heavy (non-hydrogen) atoms. The number of fused-ring (bicyclic) bond motifs is 5. The van der Waals surface area contributed by atoms with E-state index < -0.39 is 6.16 Å². The van der Waals surface area contributed by atoms with E-state index in [1.54, 1.807) is 17.7 Å². The molecule has 0 radical (unpaired) electrons. The Labute approximate surface area is 225 Å². The second kappa shape index (κ2) is 10.8. The predicted octanol–water partition coefficient (Wildman–Crippen LogP) is 9.61. The Hall–Kier alpha value is -1.77. The molecule has 1 aromatic carbocycles. The number of allylic oxidation sites excluding steroid dienone is 1. The third-order valence-electron chi connectivity index (χ3n) is 11.5. The lowest BCUT2D eigenvalue weighted by Crippen LogP contribution is -2.51. The van der Waals surface area contributed by atoms with Crippen molar-refractivity contribution in [1.82, 2.24) is 0 Å². The van der Waals surface area contributed by atoms with E-state index in [-0.39, 0.29) is 11.5 Å². The minimum atomic E-state index is -0.568. The molecule has 0 N–H and O–H groups in total. The van der Waals surface area contributed by atoms with E-state index in [0.29, 0.717) is 11.2 Å². The molecule has 0 aromatic heterocycles. The van der Waals surface area contributed by atoms with Crippen molar-refractivity contribution in [3.63, 3.8) is 0 Å². The molecule has 0 bridgehead atoms. The topological polar surface area (TPSA) is 35.5 Å². The fraction of sp³-hybridized carbons (Fsp3) is 0.735. The molecule has 5 rings (SSSR count). The highest BCUT2D eigenvalue weighted by Crippen LogP contribution is 2.67. The van der Waals surface area contributed by atoms with Crippen molar-refractivity contribution >= 4 is 6.16 Å². The maximum absolute atomic E-state index is 12.4. The van der Waals surface area contributed by atoms with E-state index in [1.807, 2.05) is 18.2 Å². The summed E-state index contributed by atoms with van der Waals surface area (Å²) in [5, 5.41) is 0. The van der Waals surface area contributed by atoms with Crippen molar-refractivity contribution in [3.8, 4) is 5.75 Å². The third kappa shape index (κ3) is 5.26. The third-order valence-corrected chi connectivity index (χ3v) is 11.5. The lowest BCUT2D eigenvalue weighted by molar-refractivity contribution is -0.0597. The molecule has 0 spiro atoms. The molecule has 8 atom stereocenters. The molecule has 3 fully saturated rings. The van der Waals surface area contributed by atoms with Gasteiger partial charge in [-0.05, 0) is 103 Å². The van der Waals surface area contributed by atoms with Gasteiger partial charge in [-0.25, -0.2) is 4.79 Å². The van der Waals surface area contributed by atoms with Gasteiger partial charge in [0, 0.05) is 6.42 Å². The highest BCUT2D eigenvalue weighted by molar-refractivity contribution is 5.64. The van der Waals surface area contributed by atoms with Crippen LogP contribution in [0.2, 0.25) is 0 Å². The largest absolute Gasteiger partial charge is 0.514 e. The summed E-state index contributed by atoms with van der Waals surface area (Å²) in [7, 11) is 0. The van der Waals surface area contributed by atoms with E-state index in [4.69, 9.17) is 9.47 Å². The normalized spacial score (nSPS) is 37.7. The minimum absolute atomic E-state index is 0.0662. The molecular weight excluding hydrogens is 456 g/mol. The van der Waals surface area contributed by atoms with Gasteiger partial charge < -0.3 is 9.47 Å². The number of ether oxygens (including phenoxy) is 2. The van der Waals surface area contributed by atoms with Crippen LogP contribution in [0.4, 0.5) is 4.79 Å². The molecular formula is C34H50O3. The van der Waals surface area contributed by atoms with Crippen molar-refractivity contribution in [1.29, 1.82) is 0 Å². The zero-order valence-electron chi connectivity index (χ0n) is 24.0. The Morgan fingerprint density at radius 1 is 0.973 bits per heavy atom. The lowest BCUT2D eigenvalue weighted by Gasteiger charge is -2.58. The van der Waals surface area contributed by atoms with Gasteiger partial charge in [0.15, 0.2) is 0 Å². The van der Waals surface area contributed by atoms with Crippen LogP contribution in [0, 0.1) is 46.3 Å². The first kappa shape index (κ1) is 26.8. The van der Waals surface area contributed by atoms with Crippen molar-refractivity contribution in [3.05, 3.63) is 42.0 Å². The van der Waals surface area contributed by atoms with E-state index >= 15 is 0 Å². The minimum Gasteiger partial charge on any atom is -0.430 e. The van der Waals surface area contributed by atoms with Gasteiger partial charge in [-0.3, -0.25) is 0 Å². The first-order chi connectivity index (χ1) is 17.7. The molecule has 3 saturated carbocycles. The summed E-state index contributed by atoms with van der Waals surface area (Å²) in [6.45, 7) is 12.5. The molecule has 3 nitrogen and oxygen atoms in total. The van der Waals surface area contributed by atoms with Crippen LogP contribution in [-0.2, 0) is 4.74 Å². The number of hydrogen-bond acceptors (Lipinski definition) is 3. The van der Waals surface area contributed by atoms with Gasteiger partial charge in [0.25, 0.3) is 0 Å². The number of hydrogen-bond donors (Lipinski definition) is 0. The molecule has 0 unspecified atom stereocenters. The first-order valence-electron chi connectivity index (χ1n) is 15.3. The van der Waals surface area contributed by atoms with Crippen LogP contribution < -0.4 is 4.74 Å². The summed E-state index contributed by atoms with van der Waals surface area (Å²) >= 11 is 0. The van der Waals surface area contributed by atoms with Crippen LogP contribution >= 0.6 is 0 Å². The van der Waals surface area contributed by atoms with Gasteiger partial charge in [0.1, 0.15) is 11.9 Å². The van der Waals surface area contributed by atoms with Gasteiger partial charge in [-0.2, -0.15) is 0 Å². The molecule has 1 aromatic rings. The van der Waals surface area contributed by atoms with Gasteiger partial charge in [-0.15, -0.1) is 0 Å². The zero-order chi connectivity index (χ0) is 26.2. The Morgan fingerprint density at radius 2 is 1.76 bits per heavy atom. The van der Waals surface area contributed by atoms with Gasteiger partial charge in [0.05, 0.1) is 0 Å². The SMILES string of the molecule is CC(C)CCC[C@@H](C)[C@H]1CC[C@H]2[C@H]3CC=C4C[C@@H](OC(=O)Oc5ccccc5)CC[C@]4(C)[C@@H]3CC[C@]12C. The number of para-hydroxylation sites is 1. The average molecular weight is 507 g/mol. The number of carbonyl (C=O) groups is 1. The van der Waals surface area contributed by atoms with Crippen LogP contribution in [0.15, 0.2) is 42.0 Å². The quantitative estimate of drug-likeness (QED) is 0.210. The van der Waals surface area contributed by atoms with Gasteiger partial charge in [-0.1, -0.05) is 83.7 Å². The fourth-order valence-electron chi connectivity index (χ4n) is 9.50. The lowest BCUT2D eigenvalue weighted by atomic mass is 9.47. The maximum atomic E-state index is 12.4. The molecule has 0 amide bonds. The van der Waals surface area contributed by atoms with Crippen LogP contribution in [-0.4, -0.2) is 12.3 Å². The number of rotatable bonds is 7. The average Bonchev–Trinajstić information content (AvgIpc) is 3.22. The van der Waals surface area contributed by atoms with Crippen molar-refractivity contribution < 1.29 is 14.3 Å². The molecule has 4 aliphatic carbocycles. The second-order valence-corrected chi connectivity index (χ2v) is 13.9. The van der Waals surface area contributed by atoms with Crippen LogP contribution in [0.1, 0.15) is 105 Å². The highest BCUT2D eigenvalue weighted by atomic mass is 16.7. The predicted molar refractivity (Wildman–Crippen MR) is 150 cm³/mol. The summed E-state index contributed by atoms with van der Waals surface area (Å²) < 4.78 is 11.2. The van der Waals surface area contributed by atoms with Crippen LogP contribution in [0.25, 0.3) is 0 Å². The second-order valence-electron chi connectivity index (χ2n) is 13.9. The fourth-order valence-corrected chi connectivity index (χ4v) is 9.50. The molecule has 204 valence electrons. The Bertz CT molecular complexity index is 967. The summed E-state index contributed by atoms with van der Waals surface area (Å²) in [4.78, 5) is 12.4. The summed E-state index contributed by atoms with van der Waals surface area (Å²) in [6.07, 6.45) is 16.0. The van der Waals surface area contributed by atoms with E-state index in [9.17, 15) is 4.79 Å². The monoisotopic (exact) mass is 506 g/mol. The molecule has 0 saturated heterocycles. The van der Waals surface area contributed by atoms with Crippen LogP contribution in [0.3, 0.4) is 0 Å². The first-order valence-corrected chi connectivity index (χ1v) is 15.3. The number of benzene rings is 1. The van der Waals surface area contributed by atoms with Crippen molar-refractivity contribution in [2.45, 2.75) is 111 Å². The maximum Gasteiger partial charge on any atom is 0.514 e. The van der Waals surface area contributed by atoms with E-state index in [2.05, 4.69) is 40.7 Å². The van der Waals surface area contributed by atoms with Crippen molar-refractivity contribution in [2.75, 3.05) is 0 Å². The summed E-state index contributed by atoms with van der Waals surface area (Å²) in [5.41, 5.74) is 2.36. The molecule has 0 aliphatic heterocycles. The molecule has 4 aliphatic rings. The summed E-state index contributed by atoms with van der Waals surface area (Å²) in [5.74, 6) is 5.64. The van der Waals surface area contributed by atoms with Crippen molar-refractivity contribution in [2.24, 2.45) is 46.3 Å². The Kier molecular flexibility index (Phi) is 7.81. The van der Waals surface area contributed by atoms with E-state index in [0.717, 1.165) is 54.8 Å². The smallest absolute Gasteiger partial charge is 0.430 e.